The summed E-state index contributed by atoms with van der Waals surface area (Å²) >= 11 is 0. The van der Waals surface area contributed by atoms with Crippen LogP contribution < -0.4 is 11.2 Å². The normalized spacial score (nSPS) is 27.7. The van der Waals surface area contributed by atoms with Gasteiger partial charge in [0, 0.05) is 17.7 Å². The number of hydrogen-bond acceptors (Lipinski definition) is 6. The lowest BCUT2D eigenvalue weighted by atomic mass is 9.75. The molecule has 1 saturated heterocycles. The lowest BCUT2D eigenvalue weighted by Crippen LogP contribution is -2.58. The number of aliphatic hydroxyl groups is 1. The molecule has 3 aromatic rings. The number of ether oxygens (including phenoxy) is 3. The molecule has 8 heteroatoms. The summed E-state index contributed by atoms with van der Waals surface area (Å²) in [7, 11) is 0. The van der Waals surface area contributed by atoms with Gasteiger partial charge in [0.15, 0.2) is 0 Å². The van der Waals surface area contributed by atoms with E-state index < -0.39 is 35.3 Å². The van der Waals surface area contributed by atoms with Crippen LogP contribution in [-0.4, -0.2) is 39.1 Å². The number of nitrogens with zero attached hydrogens (tertiary/aromatic N) is 1. The molecule has 1 aromatic heterocycles. The highest BCUT2D eigenvalue weighted by atomic mass is 16.6. The van der Waals surface area contributed by atoms with Crippen molar-refractivity contribution in [1.29, 1.82) is 0 Å². The largest absolute Gasteiger partial charge is 0.390 e. The molecule has 5 atom stereocenters. The molecule has 0 unspecified atom stereocenters. The van der Waals surface area contributed by atoms with E-state index in [1.807, 2.05) is 60.7 Å². The second-order valence-electron chi connectivity index (χ2n) is 9.39. The molecule has 1 saturated carbocycles. The van der Waals surface area contributed by atoms with Crippen molar-refractivity contribution < 1.29 is 19.3 Å². The topological polar surface area (TPSA) is 103 Å². The predicted octanol–water partition coefficient (Wildman–Crippen LogP) is 2.69. The molecule has 2 bridgehead atoms. The second-order valence-corrected chi connectivity index (χ2v) is 9.39. The van der Waals surface area contributed by atoms with Gasteiger partial charge < -0.3 is 19.3 Å². The van der Waals surface area contributed by atoms with Crippen LogP contribution in [0.15, 0.2) is 76.4 Å². The van der Waals surface area contributed by atoms with Crippen molar-refractivity contribution in [2.75, 3.05) is 6.61 Å². The van der Waals surface area contributed by atoms with Crippen LogP contribution in [0.25, 0.3) is 0 Å². The maximum Gasteiger partial charge on any atom is 0.330 e. The first-order valence-electron chi connectivity index (χ1n) is 11.9. The zero-order valence-electron chi connectivity index (χ0n) is 19.6. The highest BCUT2D eigenvalue weighted by molar-refractivity contribution is 5.16. The van der Waals surface area contributed by atoms with Gasteiger partial charge in [0.05, 0.1) is 32.0 Å². The van der Waals surface area contributed by atoms with Crippen LogP contribution in [0.4, 0.5) is 0 Å². The van der Waals surface area contributed by atoms with Gasteiger partial charge in [0.2, 0.25) is 0 Å². The standard InChI is InChI=1S/C27H30N2O6/c1-18-14-29(26(32)28-24(18)31)25-21-12-13-22(30)27(35-25,17-33-15-19-8-4-2-5-9-19)23(21)34-16-20-10-6-3-7-11-20/h2-11,14,21-23,25,30H,12-13,15-17H2,1H3,(H,28,31,32)/t21-,22-,23+,25-,27+/m1/s1. The van der Waals surface area contributed by atoms with E-state index in [2.05, 4.69) is 4.98 Å². The molecule has 35 heavy (non-hydrogen) atoms. The zero-order chi connectivity index (χ0) is 24.4. The van der Waals surface area contributed by atoms with E-state index >= 15 is 0 Å². The first-order valence-corrected chi connectivity index (χ1v) is 11.9. The molecule has 2 fully saturated rings. The van der Waals surface area contributed by atoms with Crippen molar-refractivity contribution >= 4 is 0 Å². The monoisotopic (exact) mass is 478 g/mol. The van der Waals surface area contributed by atoms with E-state index in [1.165, 1.54) is 10.8 Å². The van der Waals surface area contributed by atoms with Crippen molar-refractivity contribution in [3.8, 4) is 0 Å². The molecule has 1 aliphatic carbocycles. The van der Waals surface area contributed by atoms with E-state index in [0.717, 1.165) is 11.1 Å². The van der Waals surface area contributed by atoms with Crippen LogP contribution in [0.1, 0.15) is 35.8 Å². The van der Waals surface area contributed by atoms with Gasteiger partial charge >= 0.3 is 5.69 Å². The van der Waals surface area contributed by atoms with Gasteiger partial charge in [-0.15, -0.1) is 0 Å². The van der Waals surface area contributed by atoms with E-state index in [4.69, 9.17) is 14.2 Å². The summed E-state index contributed by atoms with van der Waals surface area (Å²) in [5, 5.41) is 11.2. The quantitative estimate of drug-likeness (QED) is 0.516. The minimum Gasteiger partial charge on any atom is -0.390 e. The molecule has 0 spiro atoms. The van der Waals surface area contributed by atoms with Crippen LogP contribution in [0.5, 0.6) is 0 Å². The van der Waals surface area contributed by atoms with E-state index in [-0.39, 0.29) is 12.5 Å². The molecular weight excluding hydrogens is 448 g/mol. The molecule has 2 aromatic carbocycles. The van der Waals surface area contributed by atoms with E-state index in [9.17, 15) is 14.7 Å². The van der Waals surface area contributed by atoms with Gasteiger partial charge in [0.25, 0.3) is 5.56 Å². The number of fused-ring (bicyclic) bond motifs is 2. The van der Waals surface area contributed by atoms with Crippen molar-refractivity contribution in [1.82, 2.24) is 9.55 Å². The van der Waals surface area contributed by atoms with E-state index in [0.29, 0.717) is 31.6 Å². The predicted molar refractivity (Wildman–Crippen MR) is 129 cm³/mol. The Hall–Kier alpha value is -3.04. The Morgan fingerprint density at radius 2 is 1.69 bits per heavy atom. The van der Waals surface area contributed by atoms with Gasteiger partial charge in [-0.1, -0.05) is 60.7 Å². The Labute approximate surface area is 203 Å². The second kappa shape index (κ2) is 9.91. The molecule has 2 aliphatic rings. The van der Waals surface area contributed by atoms with Crippen molar-refractivity contribution in [3.63, 3.8) is 0 Å². The van der Waals surface area contributed by atoms with Gasteiger partial charge in [0.1, 0.15) is 11.8 Å². The maximum atomic E-state index is 12.7. The maximum absolute atomic E-state index is 12.7. The summed E-state index contributed by atoms with van der Waals surface area (Å²) in [5.41, 5.74) is 0.294. The number of rotatable bonds is 8. The average molecular weight is 479 g/mol. The molecule has 5 rings (SSSR count). The van der Waals surface area contributed by atoms with Crippen LogP contribution in [0.2, 0.25) is 0 Å². The van der Waals surface area contributed by atoms with Crippen molar-refractivity contribution in [2.24, 2.45) is 5.92 Å². The first kappa shape index (κ1) is 23.7. The third-order valence-corrected chi connectivity index (χ3v) is 7.05. The molecule has 0 amide bonds. The molecule has 2 heterocycles. The molecule has 8 nitrogen and oxygen atoms in total. The Bertz CT molecular complexity index is 1260. The number of nitrogens with one attached hydrogen (secondary N) is 1. The molecule has 184 valence electrons. The fourth-order valence-corrected chi connectivity index (χ4v) is 5.23. The smallest absolute Gasteiger partial charge is 0.330 e. The number of aryl methyl sites for hydroxylation is 1. The highest BCUT2D eigenvalue weighted by Crippen LogP contribution is 2.51. The zero-order valence-corrected chi connectivity index (χ0v) is 19.6. The summed E-state index contributed by atoms with van der Waals surface area (Å²) in [6.07, 6.45) is 0.586. The summed E-state index contributed by atoms with van der Waals surface area (Å²) < 4.78 is 20.4. The molecular formula is C27H30N2O6. The number of aliphatic hydroxyl groups excluding tert-OH is 1. The Kier molecular flexibility index (Phi) is 6.71. The number of hydrogen-bond donors (Lipinski definition) is 2. The SMILES string of the molecule is Cc1cn([C@@H]2O[C@@]3(COCc4ccccc4)[C@H](O)CC[C@@H]2[C@@H]3OCc2ccccc2)c(=O)[nH]c1=O. The van der Waals surface area contributed by atoms with Gasteiger partial charge in [-0.2, -0.15) is 0 Å². The third kappa shape index (κ3) is 4.62. The first-order chi connectivity index (χ1) is 17.0. The van der Waals surface area contributed by atoms with Gasteiger partial charge in [-0.3, -0.25) is 14.3 Å². The number of benzene rings is 2. The third-order valence-electron chi connectivity index (χ3n) is 7.05. The van der Waals surface area contributed by atoms with Gasteiger partial charge in [-0.05, 0) is 30.9 Å². The molecule has 2 N–H and O–H groups in total. The van der Waals surface area contributed by atoms with Crippen molar-refractivity contribution in [3.05, 3.63) is 104 Å². The lowest BCUT2D eigenvalue weighted by molar-refractivity contribution is -0.208. The van der Waals surface area contributed by atoms with Crippen LogP contribution in [-0.2, 0) is 27.4 Å². The number of aromatic amines is 1. The van der Waals surface area contributed by atoms with E-state index in [1.54, 1.807) is 6.92 Å². The highest BCUT2D eigenvalue weighted by Gasteiger charge is 2.63. The van der Waals surface area contributed by atoms with Crippen molar-refractivity contribution in [2.45, 2.75) is 57.0 Å². The Morgan fingerprint density at radius 3 is 2.37 bits per heavy atom. The summed E-state index contributed by atoms with van der Waals surface area (Å²) in [4.78, 5) is 27.0. The molecule has 1 aliphatic heterocycles. The van der Waals surface area contributed by atoms with Crippen LogP contribution >= 0.6 is 0 Å². The average Bonchev–Trinajstić information content (AvgIpc) is 3.10. The lowest BCUT2D eigenvalue weighted by Gasteiger charge is -2.42. The minimum absolute atomic E-state index is 0.104. The summed E-state index contributed by atoms with van der Waals surface area (Å²) in [6, 6.07) is 19.6. The van der Waals surface area contributed by atoms with Crippen LogP contribution in [0, 0.1) is 12.8 Å². The number of H-pyrrole nitrogens is 1. The number of aromatic nitrogens is 2. The summed E-state index contributed by atoms with van der Waals surface area (Å²) in [6.45, 7) is 2.45. The fraction of sp³-hybridized carbons (Fsp3) is 0.407. The fourth-order valence-electron chi connectivity index (χ4n) is 5.23. The Balaban J connectivity index is 1.46. The Morgan fingerprint density at radius 1 is 1.03 bits per heavy atom. The van der Waals surface area contributed by atoms with Gasteiger partial charge in [-0.25, -0.2) is 4.79 Å². The minimum atomic E-state index is -1.15. The van der Waals surface area contributed by atoms with Crippen LogP contribution in [0.3, 0.4) is 0 Å². The summed E-state index contributed by atoms with van der Waals surface area (Å²) in [5.74, 6) is -0.203. The molecule has 0 radical (unpaired) electrons.